The Labute approximate surface area is 120 Å². The summed E-state index contributed by atoms with van der Waals surface area (Å²) in [7, 11) is 1.61. The van der Waals surface area contributed by atoms with Crippen LogP contribution in [0, 0.1) is 5.92 Å². The number of phenolic OH excluding ortho intramolecular Hbond substituents is 1. The van der Waals surface area contributed by atoms with E-state index in [9.17, 15) is 10.2 Å². The van der Waals surface area contributed by atoms with Crippen molar-refractivity contribution < 1.29 is 14.9 Å². The van der Waals surface area contributed by atoms with E-state index in [1.165, 1.54) is 0 Å². The first kappa shape index (κ1) is 15.1. The summed E-state index contributed by atoms with van der Waals surface area (Å²) < 4.78 is 5.18. The maximum Gasteiger partial charge on any atom is 0.120 e. The van der Waals surface area contributed by atoms with Crippen LogP contribution >= 0.6 is 0 Å². The van der Waals surface area contributed by atoms with E-state index in [4.69, 9.17) is 4.74 Å². The van der Waals surface area contributed by atoms with E-state index in [1.54, 1.807) is 19.2 Å². The lowest BCUT2D eigenvalue weighted by atomic mass is 9.77. The molecule has 2 rings (SSSR count). The number of nitrogens with one attached hydrogen (secondary N) is 1. The van der Waals surface area contributed by atoms with Gasteiger partial charge in [0.1, 0.15) is 11.5 Å². The minimum Gasteiger partial charge on any atom is -0.508 e. The third kappa shape index (κ3) is 3.44. The van der Waals surface area contributed by atoms with Gasteiger partial charge in [0, 0.05) is 17.6 Å². The lowest BCUT2D eigenvalue weighted by molar-refractivity contribution is 0.104. The molecule has 0 aromatic heterocycles. The van der Waals surface area contributed by atoms with Gasteiger partial charge in [0.05, 0.1) is 13.7 Å². The Morgan fingerprint density at radius 3 is 2.65 bits per heavy atom. The molecule has 4 nitrogen and oxygen atoms in total. The largest absolute Gasteiger partial charge is 0.508 e. The van der Waals surface area contributed by atoms with Crippen molar-refractivity contribution in [1.82, 2.24) is 5.32 Å². The molecule has 0 aliphatic heterocycles. The minimum absolute atomic E-state index is 0.143. The fourth-order valence-corrected chi connectivity index (χ4v) is 2.82. The van der Waals surface area contributed by atoms with Gasteiger partial charge >= 0.3 is 0 Å². The van der Waals surface area contributed by atoms with E-state index in [0.29, 0.717) is 6.54 Å². The zero-order valence-electron chi connectivity index (χ0n) is 12.4. The zero-order chi connectivity index (χ0) is 14.6. The Kier molecular flexibility index (Phi) is 4.89. The van der Waals surface area contributed by atoms with Crippen molar-refractivity contribution >= 4 is 0 Å². The molecule has 20 heavy (non-hydrogen) atoms. The first-order valence-corrected chi connectivity index (χ1v) is 7.30. The summed E-state index contributed by atoms with van der Waals surface area (Å²) in [5.41, 5.74) is 0.595. The molecule has 1 fully saturated rings. The standard InChI is InChI=1S/C16H25NO3/c1-12-5-7-16(11-18,8-6-12)17-10-13-9-14(20-2)3-4-15(13)19/h3-4,9,12,17-19H,5-8,10-11H2,1-2H3. The third-order valence-electron chi connectivity index (χ3n) is 4.47. The molecule has 1 aromatic carbocycles. The number of benzene rings is 1. The third-order valence-corrected chi connectivity index (χ3v) is 4.47. The van der Waals surface area contributed by atoms with Crippen molar-refractivity contribution in [3.8, 4) is 11.5 Å². The fourth-order valence-electron chi connectivity index (χ4n) is 2.82. The number of hydrogen-bond donors (Lipinski definition) is 3. The molecule has 0 bridgehead atoms. The van der Waals surface area contributed by atoms with E-state index in [-0.39, 0.29) is 17.9 Å². The summed E-state index contributed by atoms with van der Waals surface area (Å²) in [4.78, 5) is 0. The lowest BCUT2D eigenvalue weighted by Gasteiger charge is -2.39. The predicted octanol–water partition coefficient (Wildman–Crippen LogP) is 2.43. The topological polar surface area (TPSA) is 61.7 Å². The smallest absolute Gasteiger partial charge is 0.120 e. The molecular formula is C16H25NO3. The molecule has 1 aromatic rings. The minimum atomic E-state index is -0.206. The van der Waals surface area contributed by atoms with Crippen LogP contribution < -0.4 is 10.1 Å². The monoisotopic (exact) mass is 279 g/mol. The lowest BCUT2D eigenvalue weighted by Crippen LogP contribution is -2.50. The summed E-state index contributed by atoms with van der Waals surface area (Å²) in [6.07, 6.45) is 4.24. The summed E-state index contributed by atoms with van der Waals surface area (Å²) in [6.45, 7) is 2.94. The van der Waals surface area contributed by atoms with E-state index in [1.807, 2.05) is 6.07 Å². The van der Waals surface area contributed by atoms with Crippen LogP contribution in [-0.4, -0.2) is 29.5 Å². The van der Waals surface area contributed by atoms with Crippen LogP contribution in [0.25, 0.3) is 0 Å². The molecule has 0 amide bonds. The van der Waals surface area contributed by atoms with Crippen LogP contribution in [0.5, 0.6) is 11.5 Å². The van der Waals surface area contributed by atoms with Gasteiger partial charge in [-0.05, 0) is 49.8 Å². The van der Waals surface area contributed by atoms with Gasteiger partial charge in [0.15, 0.2) is 0 Å². The van der Waals surface area contributed by atoms with Gasteiger partial charge in [0.2, 0.25) is 0 Å². The SMILES string of the molecule is COc1ccc(O)c(CNC2(CO)CCC(C)CC2)c1. The predicted molar refractivity (Wildman–Crippen MR) is 78.9 cm³/mol. The highest BCUT2D eigenvalue weighted by Gasteiger charge is 2.33. The van der Waals surface area contributed by atoms with E-state index < -0.39 is 0 Å². The average Bonchev–Trinajstić information content (AvgIpc) is 2.48. The highest BCUT2D eigenvalue weighted by Crippen LogP contribution is 2.32. The maximum atomic E-state index is 9.90. The number of aromatic hydroxyl groups is 1. The Morgan fingerprint density at radius 1 is 1.35 bits per heavy atom. The highest BCUT2D eigenvalue weighted by atomic mass is 16.5. The first-order valence-electron chi connectivity index (χ1n) is 7.30. The zero-order valence-corrected chi connectivity index (χ0v) is 12.4. The summed E-state index contributed by atoms with van der Waals surface area (Å²) in [5, 5.41) is 23.1. The van der Waals surface area contributed by atoms with Crippen LogP contribution in [0.2, 0.25) is 0 Å². The van der Waals surface area contributed by atoms with E-state index in [0.717, 1.165) is 42.9 Å². The van der Waals surface area contributed by atoms with Crippen molar-refractivity contribution in [2.75, 3.05) is 13.7 Å². The van der Waals surface area contributed by atoms with Gasteiger partial charge < -0.3 is 20.3 Å². The number of rotatable bonds is 5. The van der Waals surface area contributed by atoms with Gasteiger partial charge in [-0.25, -0.2) is 0 Å². The molecule has 112 valence electrons. The first-order chi connectivity index (χ1) is 9.58. The number of methoxy groups -OCH3 is 1. The molecule has 0 heterocycles. The maximum absolute atomic E-state index is 9.90. The molecule has 4 heteroatoms. The number of ether oxygens (including phenoxy) is 1. The van der Waals surface area contributed by atoms with E-state index in [2.05, 4.69) is 12.2 Å². The van der Waals surface area contributed by atoms with Crippen molar-refractivity contribution in [3.63, 3.8) is 0 Å². The van der Waals surface area contributed by atoms with Gasteiger partial charge in [-0.3, -0.25) is 0 Å². The van der Waals surface area contributed by atoms with Crippen LogP contribution in [-0.2, 0) is 6.54 Å². The molecule has 0 saturated heterocycles. The van der Waals surface area contributed by atoms with Crippen LogP contribution in [0.3, 0.4) is 0 Å². The highest BCUT2D eigenvalue weighted by molar-refractivity contribution is 5.39. The number of hydrogen-bond acceptors (Lipinski definition) is 4. The molecule has 0 radical (unpaired) electrons. The second-order valence-corrected chi connectivity index (χ2v) is 5.97. The Hall–Kier alpha value is -1.26. The summed E-state index contributed by atoms with van der Waals surface area (Å²) in [5.74, 6) is 1.73. The summed E-state index contributed by atoms with van der Waals surface area (Å²) in [6, 6.07) is 5.21. The Bertz CT molecular complexity index is 439. The Balaban J connectivity index is 2.03. The van der Waals surface area contributed by atoms with Gasteiger partial charge in [0.25, 0.3) is 0 Å². The van der Waals surface area contributed by atoms with E-state index >= 15 is 0 Å². The van der Waals surface area contributed by atoms with Crippen LogP contribution in [0.1, 0.15) is 38.2 Å². The second kappa shape index (κ2) is 6.46. The quantitative estimate of drug-likeness (QED) is 0.774. The molecular weight excluding hydrogens is 254 g/mol. The molecule has 1 aliphatic rings. The van der Waals surface area contributed by atoms with Crippen molar-refractivity contribution in [1.29, 1.82) is 0 Å². The second-order valence-electron chi connectivity index (χ2n) is 5.97. The van der Waals surface area contributed by atoms with Gasteiger partial charge in [-0.1, -0.05) is 6.92 Å². The molecule has 0 spiro atoms. The molecule has 3 N–H and O–H groups in total. The molecule has 1 aliphatic carbocycles. The van der Waals surface area contributed by atoms with Crippen LogP contribution in [0.4, 0.5) is 0 Å². The normalized spacial score (nSPS) is 26.4. The van der Waals surface area contributed by atoms with Crippen molar-refractivity contribution in [2.45, 2.75) is 44.7 Å². The molecule has 1 saturated carbocycles. The van der Waals surface area contributed by atoms with Gasteiger partial charge in [-0.2, -0.15) is 0 Å². The molecule has 0 atom stereocenters. The fraction of sp³-hybridized carbons (Fsp3) is 0.625. The van der Waals surface area contributed by atoms with Crippen molar-refractivity contribution in [3.05, 3.63) is 23.8 Å². The average molecular weight is 279 g/mol. The Morgan fingerprint density at radius 2 is 2.05 bits per heavy atom. The number of aliphatic hydroxyl groups excluding tert-OH is 1. The van der Waals surface area contributed by atoms with Crippen LogP contribution in [0.15, 0.2) is 18.2 Å². The number of phenols is 1. The summed E-state index contributed by atoms with van der Waals surface area (Å²) >= 11 is 0. The molecule has 0 unspecified atom stereocenters. The van der Waals surface area contributed by atoms with Crippen molar-refractivity contribution in [2.24, 2.45) is 5.92 Å². The van der Waals surface area contributed by atoms with Gasteiger partial charge in [-0.15, -0.1) is 0 Å². The number of aliphatic hydroxyl groups is 1.